The van der Waals surface area contributed by atoms with E-state index in [1.165, 1.54) is 38.2 Å². The number of hydrogen-bond acceptors (Lipinski definition) is 3. The zero-order valence-corrected chi connectivity index (χ0v) is 12.8. The molecule has 3 rings (SSSR count). The molecule has 104 valence electrons. The number of aliphatic hydroxyl groups is 1. The topological polar surface area (TPSA) is 26.7 Å². The second-order valence-electron chi connectivity index (χ2n) is 5.67. The molecule has 1 aromatic rings. The molecule has 1 saturated heterocycles. The lowest BCUT2D eigenvalue weighted by Crippen LogP contribution is -2.47. The molecule has 1 aromatic carbocycles. The van der Waals surface area contributed by atoms with Gasteiger partial charge in [0.2, 0.25) is 0 Å². The summed E-state index contributed by atoms with van der Waals surface area (Å²) < 4.78 is 1.09. The van der Waals surface area contributed by atoms with Crippen molar-refractivity contribution in [1.82, 2.24) is 4.90 Å². The van der Waals surface area contributed by atoms with E-state index in [-0.39, 0.29) is 6.61 Å². The van der Waals surface area contributed by atoms with Gasteiger partial charge in [-0.3, -0.25) is 4.90 Å². The summed E-state index contributed by atoms with van der Waals surface area (Å²) in [4.78, 5) is 5.04. The molecule has 0 bridgehead atoms. The minimum atomic E-state index is 0.105. The molecular weight excluding hydrogens is 304 g/mol. The Balaban J connectivity index is 1.60. The highest BCUT2D eigenvalue weighted by atomic mass is 79.9. The van der Waals surface area contributed by atoms with Gasteiger partial charge in [0.15, 0.2) is 0 Å². The van der Waals surface area contributed by atoms with Crippen LogP contribution in [-0.2, 0) is 6.61 Å². The Morgan fingerprint density at radius 1 is 1.16 bits per heavy atom. The molecule has 0 unspecified atom stereocenters. The van der Waals surface area contributed by atoms with Gasteiger partial charge in [-0.25, -0.2) is 0 Å². The van der Waals surface area contributed by atoms with Crippen LogP contribution in [0.3, 0.4) is 0 Å². The second kappa shape index (κ2) is 5.81. The molecule has 1 aliphatic carbocycles. The summed E-state index contributed by atoms with van der Waals surface area (Å²) >= 11 is 3.62. The Bertz CT molecular complexity index is 440. The largest absolute Gasteiger partial charge is 0.392 e. The Hall–Kier alpha value is -0.580. The van der Waals surface area contributed by atoms with Gasteiger partial charge in [-0.2, -0.15) is 0 Å². The van der Waals surface area contributed by atoms with Crippen molar-refractivity contribution in [2.75, 3.05) is 37.6 Å². The first-order valence-electron chi connectivity index (χ1n) is 7.13. The molecule has 2 aliphatic rings. The van der Waals surface area contributed by atoms with Crippen molar-refractivity contribution in [3.63, 3.8) is 0 Å². The van der Waals surface area contributed by atoms with Gasteiger partial charge in [0.05, 0.1) is 12.3 Å². The molecule has 0 aromatic heterocycles. The molecular formula is C15H21BrN2O. The van der Waals surface area contributed by atoms with Crippen LogP contribution in [0.1, 0.15) is 18.4 Å². The number of piperazine rings is 1. The number of hydrogen-bond donors (Lipinski definition) is 1. The number of aliphatic hydroxyl groups excluding tert-OH is 1. The lowest BCUT2D eigenvalue weighted by Gasteiger charge is -2.36. The molecule has 0 amide bonds. The fourth-order valence-corrected chi connectivity index (χ4v) is 3.42. The van der Waals surface area contributed by atoms with Gasteiger partial charge in [-0.1, -0.05) is 6.07 Å². The lowest BCUT2D eigenvalue weighted by molar-refractivity contribution is 0.248. The molecule has 0 spiro atoms. The number of halogens is 1. The van der Waals surface area contributed by atoms with Gasteiger partial charge in [0, 0.05) is 37.2 Å². The Labute approximate surface area is 123 Å². The fraction of sp³-hybridized carbons (Fsp3) is 0.600. The quantitative estimate of drug-likeness (QED) is 0.921. The van der Waals surface area contributed by atoms with Crippen LogP contribution in [0.15, 0.2) is 22.7 Å². The summed E-state index contributed by atoms with van der Waals surface area (Å²) in [7, 11) is 0. The number of anilines is 1. The molecule has 1 aliphatic heterocycles. The molecule has 2 fully saturated rings. The molecule has 0 atom stereocenters. The first-order chi connectivity index (χ1) is 9.26. The average molecular weight is 325 g/mol. The summed E-state index contributed by atoms with van der Waals surface area (Å²) in [5, 5.41) is 9.15. The first kappa shape index (κ1) is 13.4. The van der Waals surface area contributed by atoms with Crippen molar-refractivity contribution in [2.24, 2.45) is 5.92 Å². The van der Waals surface area contributed by atoms with E-state index in [0.717, 1.165) is 29.0 Å². The Morgan fingerprint density at radius 2 is 1.89 bits per heavy atom. The molecule has 19 heavy (non-hydrogen) atoms. The third-order valence-corrected chi connectivity index (χ3v) is 4.76. The van der Waals surface area contributed by atoms with Crippen molar-refractivity contribution in [3.8, 4) is 0 Å². The Morgan fingerprint density at radius 3 is 2.47 bits per heavy atom. The predicted octanol–water partition coefficient (Wildman–Crippen LogP) is 2.47. The van der Waals surface area contributed by atoms with Gasteiger partial charge >= 0.3 is 0 Å². The zero-order chi connectivity index (χ0) is 13.2. The van der Waals surface area contributed by atoms with E-state index in [0.29, 0.717) is 0 Å². The van der Waals surface area contributed by atoms with E-state index in [9.17, 15) is 0 Å². The van der Waals surface area contributed by atoms with Gasteiger partial charge in [0.25, 0.3) is 0 Å². The molecule has 4 heteroatoms. The van der Waals surface area contributed by atoms with Crippen LogP contribution >= 0.6 is 15.9 Å². The maximum atomic E-state index is 9.15. The van der Waals surface area contributed by atoms with E-state index >= 15 is 0 Å². The maximum absolute atomic E-state index is 9.15. The number of benzene rings is 1. The van der Waals surface area contributed by atoms with Gasteiger partial charge in [-0.15, -0.1) is 0 Å². The van der Waals surface area contributed by atoms with Crippen LogP contribution in [0.25, 0.3) is 0 Å². The number of nitrogens with zero attached hydrogens (tertiary/aromatic N) is 2. The van der Waals surface area contributed by atoms with Crippen LogP contribution in [0.2, 0.25) is 0 Å². The Kier molecular flexibility index (Phi) is 4.10. The minimum absolute atomic E-state index is 0.105. The van der Waals surface area contributed by atoms with Crippen molar-refractivity contribution < 1.29 is 5.11 Å². The smallest absolute Gasteiger partial charge is 0.0682 e. The third kappa shape index (κ3) is 3.30. The lowest BCUT2D eigenvalue weighted by atomic mass is 10.2. The summed E-state index contributed by atoms with van der Waals surface area (Å²) in [6.45, 7) is 5.95. The highest BCUT2D eigenvalue weighted by molar-refractivity contribution is 9.10. The SMILES string of the molecule is OCc1ccc(N2CCN(CC3CC3)CC2)c(Br)c1. The second-order valence-corrected chi connectivity index (χ2v) is 6.53. The highest BCUT2D eigenvalue weighted by Gasteiger charge is 2.26. The number of rotatable bonds is 4. The van der Waals surface area contributed by atoms with Crippen molar-refractivity contribution >= 4 is 21.6 Å². The monoisotopic (exact) mass is 324 g/mol. The van der Waals surface area contributed by atoms with Crippen LogP contribution in [-0.4, -0.2) is 42.7 Å². The highest BCUT2D eigenvalue weighted by Crippen LogP contribution is 2.31. The van der Waals surface area contributed by atoms with Crippen LogP contribution in [0.5, 0.6) is 0 Å². The van der Waals surface area contributed by atoms with Crippen LogP contribution in [0, 0.1) is 5.92 Å². The van der Waals surface area contributed by atoms with E-state index in [4.69, 9.17) is 5.11 Å². The van der Waals surface area contributed by atoms with E-state index < -0.39 is 0 Å². The third-order valence-electron chi connectivity index (χ3n) is 4.12. The van der Waals surface area contributed by atoms with Crippen LogP contribution in [0.4, 0.5) is 5.69 Å². The zero-order valence-electron chi connectivity index (χ0n) is 11.2. The first-order valence-corrected chi connectivity index (χ1v) is 7.92. The molecule has 0 radical (unpaired) electrons. The summed E-state index contributed by atoms with van der Waals surface area (Å²) in [6.07, 6.45) is 2.88. The van der Waals surface area contributed by atoms with Gasteiger partial charge in [0.1, 0.15) is 0 Å². The van der Waals surface area contributed by atoms with Crippen molar-refractivity contribution in [1.29, 1.82) is 0 Å². The molecule has 3 nitrogen and oxygen atoms in total. The predicted molar refractivity (Wildman–Crippen MR) is 81.4 cm³/mol. The molecule has 1 N–H and O–H groups in total. The molecule has 1 saturated carbocycles. The van der Waals surface area contributed by atoms with Gasteiger partial charge in [-0.05, 0) is 52.4 Å². The van der Waals surface area contributed by atoms with E-state index in [1.807, 2.05) is 12.1 Å². The minimum Gasteiger partial charge on any atom is -0.392 e. The fourth-order valence-electron chi connectivity index (χ4n) is 2.74. The normalized spacial score (nSPS) is 20.8. The maximum Gasteiger partial charge on any atom is 0.0682 e. The van der Waals surface area contributed by atoms with Crippen molar-refractivity contribution in [3.05, 3.63) is 28.2 Å². The van der Waals surface area contributed by atoms with Crippen LogP contribution < -0.4 is 4.90 Å². The van der Waals surface area contributed by atoms with E-state index in [1.54, 1.807) is 0 Å². The van der Waals surface area contributed by atoms with Gasteiger partial charge < -0.3 is 10.0 Å². The van der Waals surface area contributed by atoms with Crippen molar-refractivity contribution in [2.45, 2.75) is 19.4 Å². The average Bonchev–Trinajstić information content (AvgIpc) is 3.24. The summed E-state index contributed by atoms with van der Waals surface area (Å²) in [5.74, 6) is 0.988. The molecule has 1 heterocycles. The standard InChI is InChI=1S/C15H21BrN2O/c16-14-9-13(11-19)3-4-15(14)18-7-5-17(6-8-18)10-12-1-2-12/h3-4,9,12,19H,1-2,5-8,10-11H2. The summed E-state index contributed by atoms with van der Waals surface area (Å²) in [5.41, 5.74) is 2.21. The van der Waals surface area contributed by atoms with E-state index in [2.05, 4.69) is 31.8 Å². The summed E-state index contributed by atoms with van der Waals surface area (Å²) in [6, 6.07) is 6.15.